The van der Waals surface area contributed by atoms with Crippen LogP contribution in [-0.4, -0.2) is 16.4 Å². The number of rotatable bonds is 4. The smallest absolute Gasteiger partial charge is 0.308 e. The minimum absolute atomic E-state index is 0.0297. The third kappa shape index (κ3) is 4.86. The van der Waals surface area contributed by atoms with E-state index in [1.165, 1.54) is 34.9 Å². The molecule has 0 atom stereocenters. The molecule has 10 heteroatoms. The second-order valence-corrected chi connectivity index (χ2v) is 11.9. The first kappa shape index (κ1) is 31.1. The van der Waals surface area contributed by atoms with Gasteiger partial charge in [-0.05, 0) is 59.7 Å². The SMILES string of the molecule is O=C1c2cccc(-n3c4ccc(C(F)(F)F)cc4c4cc(C(F)(F)F)ccc43)c2C(=O)N1c1c(-c2ccccc2)cccc1-c1ccccc1. The summed E-state index contributed by atoms with van der Waals surface area (Å²) >= 11 is 0. The van der Waals surface area contributed by atoms with Crippen molar-refractivity contribution in [2.24, 2.45) is 0 Å². The lowest BCUT2D eigenvalue weighted by Crippen LogP contribution is -2.30. The standard InChI is InChI=1S/C40H22F6N2O2/c41-39(42,43)25-17-19-32-30(21-25)31-22-26(40(44,45)46)18-20-33(31)47(32)34-16-8-15-29-35(34)38(50)48(37(29)49)36-27(23-9-3-1-4-10-23)13-7-14-28(36)24-11-5-2-6-12-24/h1-22H. The van der Waals surface area contributed by atoms with Crippen LogP contribution in [-0.2, 0) is 12.4 Å². The fourth-order valence-electron chi connectivity index (χ4n) is 6.78. The summed E-state index contributed by atoms with van der Waals surface area (Å²) in [5.74, 6) is -1.30. The highest BCUT2D eigenvalue weighted by Gasteiger charge is 2.42. The maximum Gasteiger partial charge on any atom is 0.416 e. The number of para-hydroxylation sites is 1. The zero-order valence-corrected chi connectivity index (χ0v) is 25.7. The van der Waals surface area contributed by atoms with Crippen molar-refractivity contribution in [1.29, 1.82) is 0 Å². The van der Waals surface area contributed by atoms with Crippen LogP contribution < -0.4 is 4.90 Å². The molecule has 0 aliphatic carbocycles. The fraction of sp³-hybridized carbons (Fsp3) is 0.0500. The number of benzene rings is 6. The minimum Gasteiger partial charge on any atom is -0.308 e. The molecule has 0 unspecified atom stereocenters. The molecule has 0 N–H and O–H groups in total. The molecule has 0 saturated heterocycles. The summed E-state index contributed by atoms with van der Waals surface area (Å²) in [5, 5.41) is -0.180. The van der Waals surface area contributed by atoms with E-state index < -0.39 is 35.3 Å². The molecule has 1 aromatic heterocycles. The van der Waals surface area contributed by atoms with Gasteiger partial charge in [-0.3, -0.25) is 9.59 Å². The predicted octanol–water partition coefficient (Wildman–Crippen LogP) is 11.0. The first-order valence-corrected chi connectivity index (χ1v) is 15.4. The number of halogens is 6. The van der Waals surface area contributed by atoms with E-state index in [2.05, 4.69) is 0 Å². The molecule has 1 aliphatic heterocycles. The van der Waals surface area contributed by atoms with Crippen LogP contribution in [0.25, 0.3) is 49.7 Å². The van der Waals surface area contributed by atoms with E-state index in [4.69, 9.17) is 0 Å². The van der Waals surface area contributed by atoms with E-state index in [-0.39, 0.29) is 38.6 Å². The van der Waals surface area contributed by atoms with Gasteiger partial charge >= 0.3 is 12.4 Å². The van der Waals surface area contributed by atoms with Crippen molar-refractivity contribution < 1.29 is 35.9 Å². The number of amides is 2. The maximum absolute atomic E-state index is 14.7. The molecule has 4 nitrogen and oxygen atoms in total. The summed E-state index contributed by atoms with van der Waals surface area (Å²) in [6, 6.07) is 34.1. The highest BCUT2D eigenvalue weighted by Crippen LogP contribution is 2.45. The second kappa shape index (κ2) is 11.2. The Morgan fingerprint density at radius 3 is 1.40 bits per heavy atom. The Morgan fingerprint density at radius 1 is 0.460 bits per heavy atom. The topological polar surface area (TPSA) is 42.3 Å². The van der Waals surface area contributed by atoms with Crippen molar-refractivity contribution >= 4 is 39.3 Å². The molecule has 50 heavy (non-hydrogen) atoms. The average Bonchev–Trinajstić information content (AvgIpc) is 3.57. The van der Waals surface area contributed by atoms with Crippen LogP contribution in [0.15, 0.2) is 133 Å². The minimum atomic E-state index is -4.76. The Hall–Kier alpha value is -6.16. The van der Waals surface area contributed by atoms with Crippen molar-refractivity contribution in [3.05, 3.63) is 156 Å². The van der Waals surface area contributed by atoms with Gasteiger partial charge in [0.2, 0.25) is 0 Å². The third-order valence-electron chi connectivity index (χ3n) is 8.98. The number of anilines is 1. The fourth-order valence-corrected chi connectivity index (χ4v) is 6.78. The largest absolute Gasteiger partial charge is 0.416 e. The van der Waals surface area contributed by atoms with E-state index >= 15 is 0 Å². The van der Waals surface area contributed by atoms with Crippen LogP contribution in [0.5, 0.6) is 0 Å². The lowest BCUT2D eigenvalue weighted by atomic mass is 9.95. The number of carbonyl (C=O) groups excluding carboxylic acids is 2. The number of carbonyl (C=O) groups is 2. The molecule has 0 radical (unpaired) electrons. The van der Waals surface area contributed by atoms with Gasteiger partial charge in [0, 0.05) is 21.9 Å². The van der Waals surface area contributed by atoms with Gasteiger partial charge in [-0.1, -0.05) is 84.9 Å². The molecule has 1 aliphatic rings. The molecule has 7 aromatic rings. The molecule has 0 bridgehead atoms. The van der Waals surface area contributed by atoms with E-state index in [0.29, 0.717) is 16.8 Å². The van der Waals surface area contributed by atoms with Crippen LogP contribution in [0, 0.1) is 0 Å². The van der Waals surface area contributed by atoms with E-state index in [1.807, 2.05) is 78.9 Å². The summed E-state index contributed by atoms with van der Waals surface area (Å²) < 4.78 is 84.4. The number of alkyl halides is 6. The molecule has 8 rings (SSSR count). The molecule has 2 amide bonds. The molecule has 246 valence electrons. The van der Waals surface area contributed by atoms with E-state index in [9.17, 15) is 35.9 Å². The van der Waals surface area contributed by atoms with Crippen LogP contribution in [0.1, 0.15) is 31.8 Å². The maximum atomic E-state index is 14.7. The Morgan fingerprint density at radius 2 is 0.920 bits per heavy atom. The van der Waals surface area contributed by atoms with Crippen LogP contribution in [0.4, 0.5) is 32.0 Å². The van der Waals surface area contributed by atoms with Gasteiger partial charge < -0.3 is 4.57 Å². The molecular formula is C40H22F6N2O2. The molecular weight excluding hydrogens is 654 g/mol. The molecule has 6 aromatic carbocycles. The summed E-state index contributed by atoms with van der Waals surface area (Å²) in [6.07, 6.45) is -9.52. The van der Waals surface area contributed by atoms with Gasteiger partial charge in [-0.25, -0.2) is 4.90 Å². The monoisotopic (exact) mass is 676 g/mol. The molecule has 0 saturated carbocycles. The highest BCUT2D eigenvalue weighted by atomic mass is 19.4. The van der Waals surface area contributed by atoms with Gasteiger partial charge in [-0.2, -0.15) is 26.3 Å². The van der Waals surface area contributed by atoms with Crippen molar-refractivity contribution in [2.45, 2.75) is 12.4 Å². The van der Waals surface area contributed by atoms with E-state index in [0.717, 1.165) is 40.3 Å². The van der Waals surface area contributed by atoms with Crippen LogP contribution >= 0.6 is 0 Å². The second-order valence-electron chi connectivity index (χ2n) is 11.9. The van der Waals surface area contributed by atoms with Crippen LogP contribution in [0.3, 0.4) is 0 Å². The lowest BCUT2D eigenvalue weighted by molar-refractivity contribution is -0.138. The van der Waals surface area contributed by atoms with Gasteiger partial charge in [0.15, 0.2) is 0 Å². The third-order valence-corrected chi connectivity index (χ3v) is 8.98. The van der Waals surface area contributed by atoms with Gasteiger partial charge in [0.1, 0.15) is 0 Å². The number of nitrogens with zero attached hydrogens (tertiary/aromatic N) is 2. The lowest BCUT2D eigenvalue weighted by Gasteiger charge is -2.23. The quantitative estimate of drug-likeness (QED) is 0.138. The summed E-state index contributed by atoms with van der Waals surface area (Å²) in [5.41, 5.74) is 1.41. The van der Waals surface area contributed by atoms with Gasteiger partial charge in [0.25, 0.3) is 11.8 Å². The zero-order valence-electron chi connectivity index (χ0n) is 25.7. The number of fused-ring (bicyclic) bond motifs is 4. The molecule has 0 fully saturated rings. The van der Waals surface area contributed by atoms with Crippen LogP contribution in [0.2, 0.25) is 0 Å². The van der Waals surface area contributed by atoms with Gasteiger partial charge in [-0.15, -0.1) is 0 Å². The number of imide groups is 1. The molecule has 2 heterocycles. The van der Waals surface area contributed by atoms with Crippen molar-refractivity contribution in [3.63, 3.8) is 0 Å². The van der Waals surface area contributed by atoms with E-state index in [1.54, 1.807) is 0 Å². The first-order chi connectivity index (χ1) is 23.9. The Kier molecular flexibility index (Phi) is 6.97. The predicted molar refractivity (Wildman–Crippen MR) is 179 cm³/mol. The van der Waals surface area contributed by atoms with Crippen molar-refractivity contribution in [3.8, 4) is 27.9 Å². The normalized spacial score (nSPS) is 13.4. The summed E-state index contributed by atoms with van der Waals surface area (Å²) in [7, 11) is 0. The van der Waals surface area contributed by atoms with Gasteiger partial charge in [0.05, 0.1) is 44.7 Å². The number of hydrogen-bond donors (Lipinski definition) is 0. The Bertz CT molecular complexity index is 2370. The Balaban J connectivity index is 1.39. The summed E-state index contributed by atoms with van der Waals surface area (Å²) in [6.45, 7) is 0. The number of aromatic nitrogens is 1. The van der Waals surface area contributed by atoms with Crippen molar-refractivity contribution in [2.75, 3.05) is 4.90 Å². The molecule has 0 spiro atoms. The summed E-state index contributed by atoms with van der Waals surface area (Å²) in [4.78, 5) is 30.2. The van der Waals surface area contributed by atoms with Crippen molar-refractivity contribution in [1.82, 2.24) is 4.57 Å². The zero-order chi connectivity index (χ0) is 34.9. The highest BCUT2D eigenvalue weighted by molar-refractivity contribution is 6.37. The first-order valence-electron chi connectivity index (χ1n) is 15.4. The Labute approximate surface area is 280 Å². The average molecular weight is 677 g/mol. The number of hydrogen-bond acceptors (Lipinski definition) is 2.